The van der Waals surface area contributed by atoms with Crippen LogP contribution in [0.4, 0.5) is 5.69 Å². The number of aromatic amines is 2. The van der Waals surface area contributed by atoms with Crippen LogP contribution in [-0.4, -0.2) is 21.9 Å². The van der Waals surface area contributed by atoms with Gasteiger partial charge in [0.1, 0.15) is 0 Å². The van der Waals surface area contributed by atoms with E-state index in [1.165, 1.54) is 5.56 Å². The molecule has 22 heavy (non-hydrogen) atoms. The third-order valence-electron chi connectivity index (χ3n) is 4.19. The van der Waals surface area contributed by atoms with E-state index in [4.69, 9.17) is 0 Å². The number of carbonyl (C=O) groups is 1. The highest BCUT2D eigenvalue weighted by Gasteiger charge is 2.31. The molecule has 5 nitrogen and oxygen atoms in total. The van der Waals surface area contributed by atoms with Gasteiger partial charge in [-0.3, -0.25) is 4.79 Å². The minimum Gasteiger partial charge on any atom is -0.306 e. The number of benzene rings is 2. The maximum Gasteiger partial charge on any atom is 0.323 e. The van der Waals surface area contributed by atoms with E-state index in [9.17, 15) is 9.59 Å². The van der Waals surface area contributed by atoms with Crippen molar-refractivity contribution in [2.75, 3.05) is 4.90 Å². The van der Waals surface area contributed by atoms with Crippen LogP contribution in [0.25, 0.3) is 11.0 Å². The molecule has 1 aromatic heterocycles. The number of hydrogen-bond donors (Lipinski definition) is 2. The van der Waals surface area contributed by atoms with Crippen LogP contribution in [-0.2, 0) is 6.42 Å². The summed E-state index contributed by atoms with van der Waals surface area (Å²) in [4.78, 5) is 31.4. The van der Waals surface area contributed by atoms with Gasteiger partial charge in [-0.05, 0) is 43.2 Å². The lowest BCUT2D eigenvalue weighted by atomic mass is 10.1. The number of aromatic nitrogens is 2. The first-order valence-electron chi connectivity index (χ1n) is 7.27. The number of H-pyrrole nitrogens is 2. The molecule has 5 heteroatoms. The first-order valence-corrected chi connectivity index (χ1v) is 7.27. The van der Waals surface area contributed by atoms with Gasteiger partial charge in [-0.2, -0.15) is 0 Å². The summed E-state index contributed by atoms with van der Waals surface area (Å²) < 4.78 is 0. The van der Waals surface area contributed by atoms with Crippen LogP contribution in [0.2, 0.25) is 0 Å². The predicted octanol–water partition coefficient (Wildman–Crippen LogP) is 2.45. The molecule has 0 saturated carbocycles. The summed E-state index contributed by atoms with van der Waals surface area (Å²) in [7, 11) is 0. The van der Waals surface area contributed by atoms with Gasteiger partial charge < -0.3 is 14.9 Å². The molecular formula is C17H15N3O2. The van der Waals surface area contributed by atoms with Gasteiger partial charge >= 0.3 is 5.69 Å². The fourth-order valence-electron chi connectivity index (χ4n) is 3.18. The molecule has 2 heterocycles. The molecule has 0 fully saturated rings. The van der Waals surface area contributed by atoms with E-state index < -0.39 is 0 Å². The van der Waals surface area contributed by atoms with Gasteiger partial charge in [0.25, 0.3) is 5.91 Å². The first kappa shape index (κ1) is 12.9. The van der Waals surface area contributed by atoms with E-state index in [-0.39, 0.29) is 17.6 Å². The van der Waals surface area contributed by atoms with Crippen molar-refractivity contribution < 1.29 is 4.79 Å². The van der Waals surface area contributed by atoms with Crippen molar-refractivity contribution in [1.29, 1.82) is 0 Å². The topological polar surface area (TPSA) is 69.0 Å². The first-order chi connectivity index (χ1) is 10.6. The van der Waals surface area contributed by atoms with Gasteiger partial charge in [0.05, 0.1) is 11.0 Å². The van der Waals surface area contributed by atoms with Gasteiger partial charge in [-0.15, -0.1) is 0 Å². The van der Waals surface area contributed by atoms with E-state index in [0.29, 0.717) is 16.6 Å². The lowest BCUT2D eigenvalue weighted by Gasteiger charge is -2.22. The van der Waals surface area contributed by atoms with E-state index in [1.54, 1.807) is 18.2 Å². The van der Waals surface area contributed by atoms with Crippen LogP contribution < -0.4 is 10.6 Å². The summed E-state index contributed by atoms with van der Waals surface area (Å²) in [5.41, 5.74) is 3.83. The number of para-hydroxylation sites is 1. The summed E-state index contributed by atoms with van der Waals surface area (Å²) >= 11 is 0. The van der Waals surface area contributed by atoms with Crippen LogP contribution in [0.1, 0.15) is 22.8 Å². The molecule has 0 radical (unpaired) electrons. The van der Waals surface area contributed by atoms with Crippen molar-refractivity contribution in [3.63, 3.8) is 0 Å². The quantitative estimate of drug-likeness (QED) is 0.723. The molecule has 110 valence electrons. The highest BCUT2D eigenvalue weighted by Crippen LogP contribution is 2.33. The molecule has 2 aromatic carbocycles. The predicted molar refractivity (Wildman–Crippen MR) is 85.3 cm³/mol. The standard InChI is InChI=1S/C17H15N3O2/c1-10-8-11-4-2-3-5-15(11)20(10)16(21)12-6-7-13-14(9-12)19-17(22)18-13/h2-7,9-10H,8H2,1H3,(H2,18,19,22). The number of amides is 1. The fraction of sp³-hybridized carbons (Fsp3) is 0.176. The van der Waals surface area contributed by atoms with E-state index >= 15 is 0 Å². The number of anilines is 1. The number of fused-ring (bicyclic) bond motifs is 2. The minimum absolute atomic E-state index is 0.0404. The number of nitrogens with one attached hydrogen (secondary N) is 2. The maximum absolute atomic E-state index is 12.9. The smallest absolute Gasteiger partial charge is 0.306 e. The lowest BCUT2D eigenvalue weighted by molar-refractivity contribution is 0.0981. The molecule has 0 spiro atoms. The Balaban J connectivity index is 1.78. The van der Waals surface area contributed by atoms with Gasteiger partial charge in [-0.1, -0.05) is 18.2 Å². The van der Waals surface area contributed by atoms with Gasteiger partial charge in [0.15, 0.2) is 0 Å². The molecular weight excluding hydrogens is 278 g/mol. The van der Waals surface area contributed by atoms with Crippen molar-refractivity contribution in [2.45, 2.75) is 19.4 Å². The average molecular weight is 293 g/mol. The highest BCUT2D eigenvalue weighted by molar-refractivity contribution is 6.09. The summed E-state index contributed by atoms with van der Waals surface area (Å²) in [6.45, 7) is 2.05. The van der Waals surface area contributed by atoms with Crippen LogP contribution in [0.3, 0.4) is 0 Å². The van der Waals surface area contributed by atoms with Gasteiger partial charge in [-0.25, -0.2) is 4.79 Å². The normalized spacial score (nSPS) is 17.0. The van der Waals surface area contributed by atoms with Crippen molar-refractivity contribution >= 4 is 22.6 Å². The Bertz CT molecular complexity index is 938. The zero-order chi connectivity index (χ0) is 15.3. The second-order valence-corrected chi connectivity index (χ2v) is 5.70. The second-order valence-electron chi connectivity index (χ2n) is 5.70. The Morgan fingerprint density at radius 1 is 1.14 bits per heavy atom. The zero-order valence-corrected chi connectivity index (χ0v) is 12.1. The summed E-state index contributed by atoms with van der Waals surface area (Å²) in [6.07, 6.45) is 0.866. The molecule has 0 aliphatic carbocycles. The third kappa shape index (κ3) is 1.86. The minimum atomic E-state index is -0.264. The number of rotatable bonds is 1. The fourth-order valence-corrected chi connectivity index (χ4v) is 3.18. The molecule has 2 N–H and O–H groups in total. The van der Waals surface area contributed by atoms with E-state index in [1.807, 2.05) is 23.1 Å². The molecule has 1 unspecified atom stereocenters. The number of imidazole rings is 1. The Morgan fingerprint density at radius 2 is 1.91 bits per heavy atom. The van der Waals surface area contributed by atoms with Crippen molar-refractivity contribution in [3.05, 3.63) is 64.1 Å². The molecule has 0 bridgehead atoms. The van der Waals surface area contributed by atoms with Crippen LogP contribution in [0, 0.1) is 0 Å². The van der Waals surface area contributed by atoms with Crippen LogP contribution >= 0.6 is 0 Å². The molecule has 1 atom stereocenters. The molecule has 1 amide bonds. The Morgan fingerprint density at radius 3 is 2.77 bits per heavy atom. The third-order valence-corrected chi connectivity index (χ3v) is 4.19. The lowest BCUT2D eigenvalue weighted by Crippen LogP contribution is -2.35. The Labute approximate surface area is 126 Å². The molecule has 4 rings (SSSR count). The van der Waals surface area contributed by atoms with E-state index in [0.717, 1.165) is 12.1 Å². The maximum atomic E-state index is 12.9. The summed E-state index contributed by atoms with van der Waals surface area (Å²) in [6, 6.07) is 13.4. The van der Waals surface area contributed by atoms with Gasteiger partial charge in [0.2, 0.25) is 0 Å². The van der Waals surface area contributed by atoms with Crippen molar-refractivity contribution in [2.24, 2.45) is 0 Å². The monoisotopic (exact) mass is 293 g/mol. The molecule has 0 saturated heterocycles. The van der Waals surface area contributed by atoms with E-state index in [2.05, 4.69) is 23.0 Å². The number of nitrogens with zero attached hydrogens (tertiary/aromatic N) is 1. The number of carbonyl (C=O) groups excluding carboxylic acids is 1. The van der Waals surface area contributed by atoms with Crippen molar-refractivity contribution in [1.82, 2.24) is 9.97 Å². The van der Waals surface area contributed by atoms with Crippen LogP contribution in [0.15, 0.2) is 47.3 Å². The van der Waals surface area contributed by atoms with Gasteiger partial charge in [0, 0.05) is 17.3 Å². The Kier molecular flexibility index (Phi) is 2.69. The Hall–Kier alpha value is -2.82. The SMILES string of the molecule is CC1Cc2ccccc2N1C(=O)c1ccc2[nH]c(=O)[nH]c2c1. The summed E-state index contributed by atoms with van der Waals surface area (Å²) in [5, 5.41) is 0. The average Bonchev–Trinajstić information content (AvgIpc) is 3.03. The molecule has 3 aromatic rings. The molecule has 1 aliphatic rings. The zero-order valence-electron chi connectivity index (χ0n) is 12.1. The summed E-state index contributed by atoms with van der Waals surface area (Å²) in [5.74, 6) is -0.0404. The largest absolute Gasteiger partial charge is 0.323 e. The van der Waals surface area contributed by atoms with Crippen LogP contribution in [0.5, 0.6) is 0 Å². The molecule has 1 aliphatic heterocycles. The van der Waals surface area contributed by atoms with Crippen molar-refractivity contribution in [3.8, 4) is 0 Å². The second kappa shape index (κ2) is 4.59. The highest BCUT2D eigenvalue weighted by atomic mass is 16.2. The number of hydrogen-bond acceptors (Lipinski definition) is 2.